The standard InChI is InChI=1S/C14H20N2O4/c1-4-16(5-2)13(17)15-11-7-9-12(10-8-11)20-14(18)19-6-3/h7-10H,4-6H2,1-3H3,(H,15,17). The van der Waals surface area contributed by atoms with Gasteiger partial charge in [-0.1, -0.05) is 0 Å². The van der Waals surface area contributed by atoms with Gasteiger partial charge in [0.2, 0.25) is 0 Å². The summed E-state index contributed by atoms with van der Waals surface area (Å²) in [5.74, 6) is 0.365. The minimum Gasteiger partial charge on any atom is -0.434 e. The normalized spacial score (nSPS) is 9.75. The lowest BCUT2D eigenvalue weighted by Gasteiger charge is -2.19. The van der Waals surface area contributed by atoms with Crippen molar-refractivity contribution < 1.29 is 19.1 Å². The van der Waals surface area contributed by atoms with E-state index in [1.54, 1.807) is 36.1 Å². The van der Waals surface area contributed by atoms with E-state index in [0.29, 0.717) is 24.5 Å². The summed E-state index contributed by atoms with van der Waals surface area (Å²) in [4.78, 5) is 24.6. The predicted octanol–water partition coefficient (Wildman–Crippen LogP) is 3.10. The van der Waals surface area contributed by atoms with Crippen molar-refractivity contribution in [3.63, 3.8) is 0 Å². The van der Waals surface area contributed by atoms with Crippen LogP contribution >= 0.6 is 0 Å². The number of carbonyl (C=O) groups excluding carboxylic acids is 2. The number of carbonyl (C=O) groups is 2. The second kappa shape index (κ2) is 8.04. The number of hydrogen-bond donors (Lipinski definition) is 1. The van der Waals surface area contributed by atoms with E-state index in [1.807, 2.05) is 13.8 Å². The minimum atomic E-state index is -0.743. The van der Waals surface area contributed by atoms with Gasteiger partial charge in [0.1, 0.15) is 5.75 Å². The fourth-order valence-corrected chi connectivity index (χ4v) is 1.56. The number of ether oxygens (including phenoxy) is 2. The van der Waals surface area contributed by atoms with Crippen molar-refractivity contribution in [2.45, 2.75) is 20.8 Å². The smallest absolute Gasteiger partial charge is 0.434 e. The summed E-state index contributed by atoms with van der Waals surface area (Å²) in [7, 11) is 0. The van der Waals surface area contributed by atoms with Crippen molar-refractivity contribution in [2.24, 2.45) is 0 Å². The van der Waals surface area contributed by atoms with Crippen LogP contribution in [0.1, 0.15) is 20.8 Å². The van der Waals surface area contributed by atoms with Gasteiger partial charge in [-0.25, -0.2) is 9.59 Å². The number of hydrogen-bond acceptors (Lipinski definition) is 4. The van der Waals surface area contributed by atoms with E-state index in [-0.39, 0.29) is 12.6 Å². The number of rotatable bonds is 5. The van der Waals surface area contributed by atoms with Crippen LogP contribution < -0.4 is 10.1 Å². The van der Waals surface area contributed by atoms with Crippen molar-refractivity contribution in [3.8, 4) is 5.75 Å². The molecular formula is C14H20N2O4. The maximum absolute atomic E-state index is 11.8. The Bertz CT molecular complexity index is 441. The SMILES string of the molecule is CCOC(=O)Oc1ccc(NC(=O)N(CC)CC)cc1. The van der Waals surface area contributed by atoms with E-state index >= 15 is 0 Å². The zero-order valence-corrected chi connectivity index (χ0v) is 12.0. The van der Waals surface area contributed by atoms with Crippen LogP contribution in [0.4, 0.5) is 15.3 Å². The van der Waals surface area contributed by atoms with Crippen LogP contribution in [0.3, 0.4) is 0 Å². The van der Waals surface area contributed by atoms with Crippen LogP contribution in [0.5, 0.6) is 5.75 Å². The molecule has 20 heavy (non-hydrogen) atoms. The molecule has 6 nitrogen and oxygen atoms in total. The Morgan fingerprint density at radius 3 is 2.20 bits per heavy atom. The van der Waals surface area contributed by atoms with Crippen LogP contribution in [0.2, 0.25) is 0 Å². The molecular weight excluding hydrogens is 260 g/mol. The first kappa shape index (κ1) is 15.8. The molecule has 0 aliphatic carbocycles. The summed E-state index contributed by atoms with van der Waals surface area (Å²) in [6.07, 6.45) is -0.743. The van der Waals surface area contributed by atoms with Crippen molar-refractivity contribution in [1.82, 2.24) is 4.90 Å². The second-order valence-corrected chi connectivity index (χ2v) is 3.91. The molecule has 0 aromatic heterocycles. The average molecular weight is 280 g/mol. The molecule has 0 unspecified atom stereocenters. The lowest BCUT2D eigenvalue weighted by Crippen LogP contribution is -2.34. The fraction of sp³-hybridized carbons (Fsp3) is 0.429. The Morgan fingerprint density at radius 1 is 1.10 bits per heavy atom. The van der Waals surface area contributed by atoms with Crippen LogP contribution in [0.25, 0.3) is 0 Å². The topological polar surface area (TPSA) is 67.9 Å². The molecule has 1 aromatic carbocycles. The Labute approximate surface area is 118 Å². The van der Waals surface area contributed by atoms with Crippen molar-refractivity contribution in [1.29, 1.82) is 0 Å². The molecule has 0 aliphatic rings. The molecule has 2 amide bonds. The van der Waals surface area contributed by atoms with Crippen LogP contribution in [-0.2, 0) is 4.74 Å². The van der Waals surface area contributed by atoms with Gasteiger partial charge < -0.3 is 19.7 Å². The molecule has 0 saturated heterocycles. The highest BCUT2D eigenvalue weighted by molar-refractivity contribution is 5.89. The van der Waals surface area contributed by atoms with Gasteiger partial charge in [0.15, 0.2) is 0 Å². The first-order valence-electron chi connectivity index (χ1n) is 6.61. The van der Waals surface area contributed by atoms with E-state index in [2.05, 4.69) is 10.1 Å². The monoisotopic (exact) mass is 280 g/mol. The molecule has 1 aromatic rings. The van der Waals surface area contributed by atoms with E-state index in [0.717, 1.165) is 0 Å². The molecule has 0 bridgehead atoms. The lowest BCUT2D eigenvalue weighted by molar-refractivity contribution is 0.104. The molecule has 0 aliphatic heterocycles. The van der Waals surface area contributed by atoms with Crippen molar-refractivity contribution in [3.05, 3.63) is 24.3 Å². The summed E-state index contributed by atoms with van der Waals surface area (Å²) in [5, 5.41) is 2.76. The zero-order valence-electron chi connectivity index (χ0n) is 12.0. The van der Waals surface area contributed by atoms with E-state index < -0.39 is 6.16 Å². The van der Waals surface area contributed by atoms with Gasteiger partial charge in [0.25, 0.3) is 0 Å². The van der Waals surface area contributed by atoms with Gasteiger partial charge in [-0.3, -0.25) is 0 Å². The van der Waals surface area contributed by atoms with Crippen molar-refractivity contribution in [2.75, 3.05) is 25.0 Å². The summed E-state index contributed by atoms with van der Waals surface area (Å²) in [6.45, 7) is 7.08. The van der Waals surface area contributed by atoms with Gasteiger partial charge in [-0.05, 0) is 45.0 Å². The number of anilines is 1. The molecule has 0 heterocycles. The summed E-state index contributed by atoms with van der Waals surface area (Å²) < 4.78 is 9.58. The van der Waals surface area contributed by atoms with Crippen LogP contribution in [-0.4, -0.2) is 36.8 Å². The third-order valence-corrected chi connectivity index (χ3v) is 2.62. The number of nitrogens with one attached hydrogen (secondary N) is 1. The second-order valence-electron chi connectivity index (χ2n) is 3.91. The largest absolute Gasteiger partial charge is 0.513 e. The molecule has 0 spiro atoms. The molecule has 0 radical (unpaired) electrons. The third kappa shape index (κ3) is 4.79. The molecule has 1 N–H and O–H groups in total. The number of nitrogens with zero attached hydrogens (tertiary/aromatic N) is 1. The lowest BCUT2D eigenvalue weighted by atomic mass is 10.3. The van der Waals surface area contributed by atoms with E-state index in [1.165, 1.54) is 0 Å². The Kier molecular flexibility index (Phi) is 6.36. The highest BCUT2D eigenvalue weighted by Gasteiger charge is 2.09. The Morgan fingerprint density at radius 2 is 1.70 bits per heavy atom. The van der Waals surface area contributed by atoms with Gasteiger partial charge in [-0.15, -0.1) is 0 Å². The molecule has 0 fully saturated rings. The first-order chi connectivity index (χ1) is 9.60. The van der Waals surface area contributed by atoms with Gasteiger partial charge in [0.05, 0.1) is 6.61 Å². The summed E-state index contributed by atoms with van der Waals surface area (Å²) in [5.41, 5.74) is 0.637. The number of benzene rings is 1. The number of urea groups is 1. The van der Waals surface area contributed by atoms with E-state index in [9.17, 15) is 9.59 Å². The molecule has 110 valence electrons. The molecule has 0 saturated carbocycles. The predicted molar refractivity (Wildman–Crippen MR) is 76.0 cm³/mol. The zero-order chi connectivity index (χ0) is 15.0. The fourth-order valence-electron chi connectivity index (χ4n) is 1.56. The highest BCUT2D eigenvalue weighted by atomic mass is 16.7. The summed E-state index contributed by atoms with van der Waals surface area (Å²) >= 11 is 0. The summed E-state index contributed by atoms with van der Waals surface area (Å²) in [6, 6.07) is 6.35. The highest BCUT2D eigenvalue weighted by Crippen LogP contribution is 2.16. The molecule has 0 atom stereocenters. The van der Waals surface area contributed by atoms with Gasteiger partial charge in [-0.2, -0.15) is 0 Å². The Balaban J connectivity index is 2.58. The maximum Gasteiger partial charge on any atom is 0.513 e. The van der Waals surface area contributed by atoms with Crippen LogP contribution in [0, 0.1) is 0 Å². The average Bonchev–Trinajstić information content (AvgIpc) is 2.42. The Hall–Kier alpha value is -2.24. The maximum atomic E-state index is 11.8. The van der Waals surface area contributed by atoms with Crippen LogP contribution in [0.15, 0.2) is 24.3 Å². The quantitative estimate of drug-likeness (QED) is 0.664. The van der Waals surface area contributed by atoms with Gasteiger partial charge >= 0.3 is 12.2 Å². The third-order valence-electron chi connectivity index (χ3n) is 2.62. The van der Waals surface area contributed by atoms with Crippen molar-refractivity contribution >= 4 is 17.9 Å². The first-order valence-corrected chi connectivity index (χ1v) is 6.61. The van der Waals surface area contributed by atoms with Gasteiger partial charge in [0, 0.05) is 18.8 Å². The van der Waals surface area contributed by atoms with E-state index in [4.69, 9.17) is 4.74 Å². The minimum absolute atomic E-state index is 0.158. The molecule has 6 heteroatoms. The molecule has 1 rings (SSSR count). The number of amides is 2.